The monoisotopic (exact) mass is 679 g/mol. The smallest absolute Gasteiger partial charge is 0.168 e. The van der Waals surface area contributed by atoms with Crippen molar-refractivity contribution in [3.63, 3.8) is 0 Å². The van der Waals surface area contributed by atoms with Crippen LogP contribution < -0.4 is 0 Å². The van der Waals surface area contributed by atoms with Crippen LogP contribution in [0.1, 0.15) is 0 Å². The first-order valence-corrected chi connectivity index (χ1v) is 18.3. The van der Waals surface area contributed by atoms with E-state index in [0.29, 0.717) is 17.5 Å². The van der Waals surface area contributed by atoms with Gasteiger partial charge in [0.2, 0.25) is 0 Å². The van der Waals surface area contributed by atoms with Crippen LogP contribution in [0.25, 0.3) is 120 Å². The molecule has 0 saturated carbocycles. The Kier molecular flexibility index (Phi) is 5.62. The van der Waals surface area contributed by atoms with Gasteiger partial charge in [-0.25, -0.2) is 15.0 Å². The molecule has 0 spiro atoms. The summed E-state index contributed by atoms with van der Waals surface area (Å²) in [6.07, 6.45) is 0. The average Bonchev–Trinajstić information content (AvgIpc) is 3.87. The minimum absolute atomic E-state index is 0.588. The summed E-state index contributed by atoms with van der Waals surface area (Å²) < 4.78 is 9.10. The lowest BCUT2D eigenvalue weighted by molar-refractivity contribution is 0.670. The highest BCUT2D eigenvalue weighted by Gasteiger charge is 2.26. The Morgan fingerprint density at radius 3 is 1.87 bits per heavy atom. The molecule has 0 fully saturated rings. The van der Waals surface area contributed by atoms with Crippen molar-refractivity contribution in [2.45, 2.75) is 0 Å². The van der Waals surface area contributed by atoms with Gasteiger partial charge < -0.3 is 4.42 Å². The van der Waals surface area contributed by atoms with Crippen LogP contribution in [0, 0.1) is 0 Å². The van der Waals surface area contributed by atoms with Gasteiger partial charge in [0, 0.05) is 42.1 Å². The maximum Gasteiger partial charge on any atom is 0.168 e. The molecule has 0 radical (unpaired) electrons. The van der Waals surface area contributed by atoms with E-state index in [9.17, 15) is 0 Å². The Bertz CT molecular complexity index is 3290. The molecule has 0 atom stereocenters. The Hall–Kier alpha value is -6.69. The quantitative estimate of drug-likeness (QED) is 0.186. The fraction of sp³-hybridized carbons (Fsp3) is 0. The van der Waals surface area contributed by atoms with Crippen molar-refractivity contribution in [2.75, 3.05) is 0 Å². The SMILES string of the molecule is c1ccc2c(c1)-c1cccc3c(-c4nc(-c5c6ccccc6cc6c5oc5ccccc56)nc(-c5cccc6c5sc5ccccc56)n4)ccc-2c13. The predicted octanol–water partition coefficient (Wildman–Crippen LogP) is 13.1. The summed E-state index contributed by atoms with van der Waals surface area (Å²) in [5.74, 6) is 1.86. The van der Waals surface area contributed by atoms with Gasteiger partial charge in [-0.05, 0) is 74.1 Å². The molecule has 0 bridgehead atoms. The number of thiophene rings is 1. The molecule has 11 aromatic rings. The third-order valence-electron chi connectivity index (χ3n) is 10.7. The summed E-state index contributed by atoms with van der Waals surface area (Å²) in [4.78, 5) is 16.1. The van der Waals surface area contributed by atoms with Crippen LogP contribution in [0.3, 0.4) is 0 Å². The van der Waals surface area contributed by atoms with Crippen LogP contribution in [-0.2, 0) is 0 Å². The molecule has 3 heterocycles. The van der Waals surface area contributed by atoms with Gasteiger partial charge in [-0.15, -0.1) is 11.3 Å². The highest BCUT2D eigenvalue weighted by Crippen LogP contribution is 2.49. The highest BCUT2D eigenvalue weighted by molar-refractivity contribution is 7.26. The first-order chi connectivity index (χ1) is 25.8. The predicted molar refractivity (Wildman–Crippen MR) is 216 cm³/mol. The molecule has 5 heteroatoms. The number of fused-ring (bicyclic) bond motifs is 10. The molecule has 3 aromatic heterocycles. The number of hydrogen-bond acceptors (Lipinski definition) is 5. The molecule has 1 aliphatic carbocycles. The molecule has 0 amide bonds. The van der Waals surface area contributed by atoms with Gasteiger partial charge in [-0.2, -0.15) is 0 Å². The molecule has 52 heavy (non-hydrogen) atoms. The molecule has 0 saturated heterocycles. The van der Waals surface area contributed by atoms with Gasteiger partial charge >= 0.3 is 0 Å². The maximum absolute atomic E-state index is 6.69. The zero-order valence-electron chi connectivity index (χ0n) is 27.6. The number of rotatable bonds is 3. The van der Waals surface area contributed by atoms with Crippen LogP contribution in [0.5, 0.6) is 0 Å². The molecular formula is C47H25N3OS. The summed E-state index contributed by atoms with van der Waals surface area (Å²) in [5.41, 5.74) is 9.46. The third kappa shape index (κ3) is 3.83. The summed E-state index contributed by atoms with van der Waals surface area (Å²) >= 11 is 1.78. The molecule has 0 aliphatic heterocycles. The van der Waals surface area contributed by atoms with Crippen molar-refractivity contribution in [3.8, 4) is 56.4 Å². The largest absolute Gasteiger partial charge is 0.455 e. The minimum atomic E-state index is 0.588. The molecule has 1 aliphatic rings. The van der Waals surface area contributed by atoms with Gasteiger partial charge in [-0.1, -0.05) is 121 Å². The van der Waals surface area contributed by atoms with Crippen LogP contribution in [0.4, 0.5) is 0 Å². The van der Waals surface area contributed by atoms with E-state index in [2.05, 4.69) is 140 Å². The standard InChI is InChI=1S/C47H25N3OS/c1-2-12-27-26(11-1)25-38-30-15-5-7-21-39(30)51-43(38)42(27)47-49-45(36-24-23-34-29-14-4-3-13-28(29)32-17-9-18-33(36)41(32)34)48-46(50-47)37-20-10-19-35-31-16-6-8-22-40(31)52-44(35)37/h1-25H. The van der Waals surface area contributed by atoms with Crippen LogP contribution in [-0.4, -0.2) is 15.0 Å². The minimum Gasteiger partial charge on any atom is -0.455 e. The lowest BCUT2D eigenvalue weighted by atomic mass is 9.97. The summed E-state index contributed by atoms with van der Waals surface area (Å²) in [6, 6.07) is 53.6. The highest BCUT2D eigenvalue weighted by atomic mass is 32.1. The number of nitrogens with zero attached hydrogens (tertiary/aromatic N) is 3. The zero-order chi connectivity index (χ0) is 33.9. The molecule has 8 aromatic carbocycles. The van der Waals surface area contributed by atoms with Gasteiger partial charge in [-0.3, -0.25) is 0 Å². The molecule has 240 valence electrons. The van der Waals surface area contributed by atoms with Crippen LogP contribution >= 0.6 is 11.3 Å². The van der Waals surface area contributed by atoms with Crippen molar-refractivity contribution in [3.05, 3.63) is 152 Å². The van der Waals surface area contributed by atoms with E-state index in [4.69, 9.17) is 19.4 Å². The number of hydrogen-bond donors (Lipinski definition) is 0. The molecular weight excluding hydrogens is 655 g/mol. The molecule has 12 rings (SSSR count). The Morgan fingerprint density at radius 1 is 0.404 bits per heavy atom. The second-order valence-electron chi connectivity index (χ2n) is 13.5. The normalized spacial score (nSPS) is 12.2. The van der Waals surface area contributed by atoms with Crippen molar-refractivity contribution in [1.29, 1.82) is 0 Å². The Morgan fingerprint density at radius 2 is 1.00 bits per heavy atom. The summed E-state index contributed by atoms with van der Waals surface area (Å²) in [6.45, 7) is 0. The molecule has 4 nitrogen and oxygen atoms in total. The van der Waals surface area contributed by atoms with E-state index in [-0.39, 0.29) is 0 Å². The number of benzene rings is 8. The average molecular weight is 680 g/mol. The fourth-order valence-corrected chi connectivity index (χ4v) is 9.61. The Labute approximate surface area is 301 Å². The molecule has 0 N–H and O–H groups in total. The maximum atomic E-state index is 6.69. The van der Waals surface area contributed by atoms with Crippen molar-refractivity contribution in [2.24, 2.45) is 0 Å². The second kappa shape index (κ2) is 10.4. The fourth-order valence-electron chi connectivity index (χ4n) is 8.40. The van der Waals surface area contributed by atoms with E-state index in [0.717, 1.165) is 59.5 Å². The van der Waals surface area contributed by atoms with E-state index in [1.54, 1.807) is 11.3 Å². The number of furan rings is 1. The van der Waals surface area contributed by atoms with Crippen LogP contribution in [0.15, 0.2) is 156 Å². The van der Waals surface area contributed by atoms with Crippen molar-refractivity contribution < 1.29 is 4.42 Å². The van der Waals surface area contributed by atoms with E-state index in [1.807, 2.05) is 12.1 Å². The first-order valence-electron chi connectivity index (χ1n) is 17.4. The lowest BCUT2D eigenvalue weighted by Gasteiger charge is -2.13. The van der Waals surface area contributed by atoms with E-state index in [1.165, 1.54) is 43.1 Å². The number of para-hydroxylation sites is 1. The lowest BCUT2D eigenvalue weighted by Crippen LogP contribution is -2.01. The Balaban J connectivity index is 1.20. The molecule has 0 unspecified atom stereocenters. The zero-order valence-corrected chi connectivity index (χ0v) is 28.4. The third-order valence-corrected chi connectivity index (χ3v) is 11.9. The van der Waals surface area contributed by atoms with E-state index >= 15 is 0 Å². The summed E-state index contributed by atoms with van der Waals surface area (Å²) in [5, 5.41) is 9.06. The summed E-state index contributed by atoms with van der Waals surface area (Å²) in [7, 11) is 0. The van der Waals surface area contributed by atoms with Gasteiger partial charge in [0.25, 0.3) is 0 Å². The number of aromatic nitrogens is 3. The van der Waals surface area contributed by atoms with Crippen molar-refractivity contribution in [1.82, 2.24) is 15.0 Å². The second-order valence-corrected chi connectivity index (χ2v) is 14.5. The van der Waals surface area contributed by atoms with Crippen molar-refractivity contribution >= 4 is 75.0 Å². The van der Waals surface area contributed by atoms with Gasteiger partial charge in [0.15, 0.2) is 17.5 Å². The van der Waals surface area contributed by atoms with Gasteiger partial charge in [0.05, 0.1) is 5.56 Å². The van der Waals surface area contributed by atoms with Gasteiger partial charge in [0.1, 0.15) is 11.2 Å². The topological polar surface area (TPSA) is 51.8 Å². The first kappa shape index (κ1) is 28.1. The van der Waals surface area contributed by atoms with Crippen LogP contribution in [0.2, 0.25) is 0 Å². The van der Waals surface area contributed by atoms with E-state index < -0.39 is 0 Å².